The maximum absolute atomic E-state index is 10.5. The molecule has 6 heteroatoms. The summed E-state index contributed by atoms with van der Waals surface area (Å²) in [5, 5.41) is 1.36. The highest BCUT2D eigenvalue weighted by Gasteiger charge is 2.09. The van der Waals surface area contributed by atoms with Crippen LogP contribution in [0.2, 0.25) is 0 Å². The number of primary amides is 1. The van der Waals surface area contributed by atoms with Gasteiger partial charge in [-0.05, 0) is 37.1 Å². The van der Waals surface area contributed by atoms with Crippen molar-refractivity contribution in [2.75, 3.05) is 5.73 Å². The lowest BCUT2D eigenvalue weighted by Gasteiger charge is -2.01. The number of anilines is 1. The zero-order valence-corrected chi connectivity index (χ0v) is 13.3. The maximum Gasteiger partial charge on any atom is 0.271 e. The number of carbonyl (C=O) groups excluding carboxylic acids is 1. The molecule has 4 N–H and O–H groups in total. The average molecular weight is 315 g/mol. The predicted octanol–water partition coefficient (Wildman–Crippen LogP) is 2.53. The third kappa shape index (κ3) is 3.71. The van der Waals surface area contributed by atoms with Gasteiger partial charge in [0, 0.05) is 31.2 Å². The minimum atomic E-state index is -0.599. The number of fused-ring (bicyclic) bond motifs is 1. The quantitative estimate of drug-likeness (QED) is 0.723. The summed E-state index contributed by atoms with van der Waals surface area (Å²) in [6.45, 7) is 4.30. The molecule has 0 saturated heterocycles. The molecule has 0 aliphatic rings. The number of carbonyl (C=O) groups is 1. The van der Waals surface area contributed by atoms with Gasteiger partial charge >= 0.3 is 0 Å². The van der Waals surface area contributed by atoms with E-state index >= 15 is 0 Å². The highest BCUT2D eigenvalue weighted by atomic mass is 16.1. The van der Waals surface area contributed by atoms with Crippen LogP contribution in [-0.4, -0.2) is 20.0 Å². The minimum Gasteiger partial charge on any atom is -0.383 e. The van der Waals surface area contributed by atoms with Crippen molar-refractivity contribution >= 4 is 22.6 Å². The largest absolute Gasteiger partial charge is 0.383 e. The van der Waals surface area contributed by atoms with Gasteiger partial charge in [-0.3, -0.25) is 4.79 Å². The standard InChI is InChI=1S/C11H13N.C5H8N4O.CH4/c1-8-6-9(2)10-4-5-12(3)11(10)7-8;1-9-2-8-3(4(9)6)5(7)10;/h4-7H,1-3H3;2H,6H2,1H3,(H2,7,10);1H4. The molecule has 0 atom stereocenters. The Bertz CT molecular complexity index is 829. The second kappa shape index (κ2) is 7.00. The molecule has 1 aromatic carbocycles. The van der Waals surface area contributed by atoms with Gasteiger partial charge in [-0.1, -0.05) is 13.5 Å². The smallest absolute Gasteiger partial charge is 0.271 e. The van der Waals surface area contributed by atoms with Crippen LogP contribution < -0.4 is 11.5 Å². The molecule has 1 amide bonds. The fourth-order valence-corrected chi connectivity index (χ4v) is 2.36. The van der Waals surface area contributed by atoms with E-state index < -0.39 is 5.91 Å². The normalized spacial score (nSPS) is 9.91. The van der Waals surface area contributed by atoms with Crippen molar-refractivity contribution in [1.29, 1.82) is 0 Å². The summed E-state index contributed by atoms with van der Waals surface area (Å²) < 4.78 is 3.69. The molecule has 3 rings (SSSR count). The van der Waals surface area contributed by atoms with Crippen LogP contribution in [0.3, 0.4) is 0 Å². The first-order chi connectivity index (χ1) is 10.3. The number of aromatic nitrogens is 3. The first-order valence-electron chi connectivity index (χ1n) is 6.90. The third-order valence-corrected chi connectivity index (χ3v) is 3.57. The van der Waals surface area contributed by atoms with Crippen molar-refractivity contribution in [3.05, 3.63) is 47.5 Å². The Labute approximate surface area is 136 Å². The van der Waals surface area contributed by atoms with Gasteiger partial charge in [-0.25, -0.2) is 4.98 Å². The molecule has 6 nitrogen and oxygen atoms in total. The number of aryl methyl sites for hydroxylation is 4. The van der Waals surface area contributed by atoms with Crippen molar-refractivity contribution in [2.45, 2.75) is 21.3 Å². The van der Waals surface area contributed by atoms with Gasteiger partial charge in [0.2, 0.25) is 0 Å². The summed E-state index contributed by atoms with van der Waals surface area (Å²) in [5.74, 6) is -0.300. The van der Waals surface area contributed by atoms with Crippen molar-refractivity contribution in [2.24, 2.45) is 19.8 Å². The lowest BCUT2D eigenvalue weighted by atomic mass is 10.1. The van der Waals surface area contributed by atoms with Crippen molar-refractivity contribution < 1.29 is 4.79 Å². The molecular formula is C17H25N5O. The maximum atomic E-state index is 10.5. The number of hydrogen-bond donors (Lipinski definition) is 2. The number of amides is 1. The lowest BCUT2D eigenvalue weighted by molar-refractivity contribution is 0.0997. The van der Waals surface area contributed by atoms with Crippen LogP contribution in [0.4, 0.5) is 5.82 Å². The van der Waals surface area contributed by atoms with Crippen LogP contribution in [0.15, 0.2) is 30.7 Å². The van der Waals surface area contributed by atoms with Gasteiger partial charge < -0.3 is 20.6 Å². The molecular weight excluding hydrogens is 290 g/mol. The van der Waals surface area contributed by atoms with E-state index in [0.29, 0.717) is 5.82 Å². The average Bonchev–Trinajstić information content (AvgIpc) is 2.96. The van der Waals surface area contributed by atoms with Crippen molar-refractivity contribution in [3.8, 4) is 0 Å². The molecule has 2 heterocycles. The lowest BCUT2D eigenvalue weighted by Crippen LogP contribution is -2.14. The van der Waals surface area contributed by atoms with Gasteiger partial charge in [0.05, 0.1) is 6.33 Å². The fourth-order valence-electron chi connectivity index (χ4n) is 2.36. The summed E-state index contributed by atoms with van der Waals surface area (Å²) in [6.07, 6.45) is 3.55. The molecule has 0 fully saturated rings. The first kappa shape index (κ1) is 18.3. The van der Waals surface area contributed by atoms with E-state index in [0.717, 1.165) is 0 Å². The number of rotatable bonds is 1. The molecule has 2 aromatic heterocycles. The molecule has 124 valence electrons. The monoisotopic (exact) mass is 315 g/mol. The van der Waals surface area contributed by atoms with Gasteiger partial charge in [0.15, 0.2) is 5.69 Å². The van der Waals surface area contributed by atoms with E-state index in [2.05, 4.69) is 54.8 Å². The molecule has 0 aliphatic heterocycles. The van der Waals surface area contributed by atoms with Gasteiger partial charge in [0.25, 0.3) is 5.91 Å². The topological polar surface area (TPSA) is 91.9 Å². The Morgan fingerprint density at radius 3 is 2.30 bits per heavy atom. The van der Waals surface area contributed by atoms with E-state index in [9.17, 15) is 4.79 Å². The van der Waals surface area contributed by atoms with Crippen LogP contribution in [0.5, 0.6) is 0 Å². The van der Waals surface area contributed by atoms with Crippen LogP contribution >= 0.6 is 0 Å². The molecule has 0 spiro atoms. The predicted molar refractivity (Wildman–Crippen MR) is 95.3 cm³/mol. The second-order valence-corrected chi connectivity index (χ2v) is 5.39. The molecule has 0 unspecified atom stereocenters. The molecule has 0 bridgehead atoms. The van der Waals surface area contributed by atoms with E-state index in [4.69, 9.17) is 11.5 Å². The summed E-state index contributed by atoms with van der Waals surface area (Å²) in [4.78, 5) is 14.2. The Hall–Kier alpha value is -2.76. The van der Waals surface area contributed by atoms with E-state index in [1.54, 1.807) is 7.05 Å². The summed E-state index contributed by atoms with van der Waals surface area (Å²) in [6, 6.07) is 6.62. The van der Waals surface area contributed by atoms with Crippen LogP contribution in [0.25, 0.3) is 10.9 Å². The third-order valence-electron chi connectivity index (χ3n) is 3.57. The molecule has 23 heavy (non-hydrogen) atoms. The molecule has 0 saturated carbocycles. The number of nitrogens with zero attached hydrogens (tertiary/aromatic N) is 3. The minimum absolute atomic E-state index is 0. The Morgan fingerprint density at radius 2 is 1.83 bits per heavy atom. The second-order valence-electron chi connectivity index (χ2n) is 5.39. The summed E-state index contributed by atoms with van der Waals surface area (Å²) in [7, 11) is 3.77. The van der Waals surface area contributed by atoms with Crippen LogP contribution in [-0.2, 0) is 14.1 Å². The number of nitrogens with two attached hydrogens (primary N) is 2. The zero-order chi connectivity index (χ0) is 16.4. The van der Waals surface area contributed by atoms with Gasteiger partial charge in [0.1, 0.15) is 5.82 Å². The Kier molecular flexibility index (Phi) is 5.57. The SMILES string of the molecule is C.Cc1cc(C)c2ccn(C)c2c1.Cn1cnc(C(N)=O)c1N. The highest BCUT2D eigenvalue weighted by molar-refractivity contribution is 5.95. The molecule has 0 aliphatic carbocycles. The van der Waals surface area contributed by atoms with E-state index in [1.807, 2.05) is 0 Å². The highest BCUT2D eigenvalue weighted by Crippen LogP contribution is 2.20. The number of hydrogen-bond acceptors (Lipinski definition) is 3. The Balaban J connectivity index is 0.000000224. The Morgan fingerprint density at radius 1 is 1.17 bits per heavy atom. The summed E-state index contributed by atoms with van der Waals surface area (Å²) in [5.41, 5.74) is 14.5. The first-order valence-corrected chi connectivity index (χ1v) is 6.90. The molecule has 0 radical (unpaired) electrons. The zero-order valence-electron chi connectivity index (χ0n) is 13.3. The summed E-state index contributed by atoms with van der Waals surface area (Å²) >= 11 is 0. The van der Waals surface area contributed by atoms with Crippen molar-refractivity contribution in [3.63, 3.8) is 0 Å². The van der Waals surface area contributed by atoms with Crippen LogP contribution in [0.1, 0.15) is 29.0 Å². The van der Waals surface area contributed by atoms with Crippen LogP contribution in [0, 0.1) is 13.8 Å². The fraction of sp³-hybridized carbons (Fsp3) is 0.294. The van der Waals surface area contributed by atoms with Gasteiger partial charge in [-0.2, -0.15) is 0 Å². The van der Waals surface area contributed by atoms with E-state index in [-0.39, 0.29) is 13.1 Å². The van der Waals surface area contributed by atoms with Gasteiger partial charge in [-0.15, -0.1) is 0 Å². The number of benzene rings is 1. The number of nitrogen functional groups attached to an aromatic ring is 1. The van der Waals surface area contributed by atoms with E-state index in [1.165, 1.54) is 32.9 Å². The molecule has 3 aromatic rings. The van der Waals surface area contributed by atoms with Crippen molar-refractivity contribution in [1.82, 2.24) is 14.1 Å². The number of imidazole rings is 1.